The molecule has 0 aliphatic rings. The lowest BCUT2D eigenvalue weighted by molar-refractivity contribution is -0.118. The Kier molecular flexibility index (Phi) is 7.84. The van der Waals surface area contributed by atoms with Gasteiger partial charge in [0.2, 0.25) is 0 Å². The van der Waals surface area contributed by atoms with E-state index in [1.165, 1.54) is 24.3 Å². The summed E-state index contributed by atoms with van der Waals surface area (Å²) >= 11 is 11.8. The van der Waals surface area contributed by atoms with E-state index in [0.29, 0.717) is 39.5 Å². The Labute approximate surface area is 196 Å². The van der Waals surface area contributed by atoms with Crippen LogP contribution in [0.3, 0.4) is 0 Å². The van der Waals surface area contributed by atoms with Crippen LogP contribution in [0.25, 0.3) is 0 Å². The fraction of sp³-hybridized carbons (Fsp3) is 0.136. The molecule has 0 unspecified atom stereocenters. The predicted octanol–water partition coefficient (Wildman–Crippen LogP) is 5.21. The van der Waals surface area contributed by atoms with E-state index in [-0.39, 0.29) is 11.5 Å². The van der Waals surface area contributed by atoms with Crippen molar-refractivity contribution in [3.63, 3.8) is 0 Å². The number of halogens is 2. The van der Waals surface area contributed by atoms with Crippen molar-refractivity contribution < 1.29 is 22.7 Å². The third-order valence-corrected chi connectivity index (χ3v) is 5.90. The predicted molar refractivity (Wildman–Crippen MR) is 125 cm³/mol. The maximum atomic E-state index is 12.6. The third-order valence-electron chi connectivity index (χ3n) is 4.07. The Bertz CT molecular complexity index is 1160. The SMILES string of the molecule is CCOc1ccc(NS(=O)(=O)c2ccc(OCC(=O)Nc3cc(Cl)cc(Cl)c3)cc2)cc1. The summed E-state index contributed by atoms with van der Waals surface area (Å²) in [6, 6.07) is 17.0. The van der Waals surface area contributed by atoms with Gasteiger partial charge < -0.3 is 14.8 Å². The molecule has 32 heavy (non-hydrogen) atoms. The Balaban J connectivity index is 1.57. The van der Waals surface area contributed by atoms with Crippen molar-refractivity contribution in [2.24, 2.45) is 0 Å². The molecule has 3 rings (SSSR count). The summed E-state index contributed by atoms with van der Waals surface area (Å²) in [5.41, 5.74) is 0.851. The molecular weight excluding hydrogens is 475 g/mol. The van der Waals surface area contributed by atoms with E-state index in [1.54, 1.807) is 42.5 Å². The van der Waals surface area contributed by atoms with Gasteiger partial charge in [0.25, 0.3) is 15.9 Å². The zero-order valence-corrected chi connectivity index (χ0v) is 19.3. The Morgan fingerprint density at radius 2 is 1.41 bits per heavy atom. The molecule has 10 heteroatoms. The summed E-state index contributed by atoms with van der Waals surface area (Å²) in [6.45, 7) is 2.11. The number of sulfonamides is 1. The molecule has 0 bridgehead atoms. The monoisotopic (exact) mass is 494 g/mol. The average Bonchev–Trinajstić information content (AvgIpc) is 2.73. The van der Waals surface area contributed by atoms with Crippen LogP contribution in [-0.4, -0.2) is 27.5 Å². The summed E-state index contributed by atoms with van der Waals surface area (Å²) in [5, 5.41) is 3.41. The lowest BCUT2D eigenvalue weighted by Crippen LogP contribution is -2.20. The Hall–Kier alpha value is -2.94. The highest BCUT2D eigenvalue weighted by molar-refractivity contribution is 7.92. The molecule has 0 fully saturated rings. The van der Waals surface area contributed by atoms with Crippen molar-refractivity contribution in [3.05, 3.63) is 76.8 Å². The van der Waals surface area contributed by atoms with Gasteiger partial charge in [0.05, 0.1) is 11.5 Å². The zero-order chi connectivity index (χ0) is 23.1. The molecule has 168 valence electrons. The van der Waals surface area contributed by atoms with E-state index in [0.717, 1.165) is 0 Å². The quantitative estimate of drug-likeness (QED) is 0.425. The zero-order valence-electron chi connectivity index (χ0n) is 17.0. The van der Waals surface area contributed by atoms with Gasteiger partial charge >= 0.3 is 0 Å². The molecule has 3 aromatic carbocycles. The number of benzene rings is 3. The molecule has 0 atom stereocenters. The van der Waals surface area contributed by atoms with Gasteiger partial charge in [-0.2, -0.15) is 0 Å². The van der Waals surface area contributed by atoms with Gasteiger partial charge in [-0.05, 0) is 73.7 Å². The van der Waals surface area contributed by atoms with Gasteiger partial charge in [0.15, 0.2) is 6.61 Å². The molecule has 0 aliphatic heterocycles. The molecule has 0 spiro atoms. The second kappa shape index (κ2) is 10.6. The molecule has 0 aromatic heterocycles. The topological polar surface area (TPSA) is 93.7 Å². The first kappa shape index (κ1) is 23.7. The molecule has 1 amide bonds. The first-order valence-corrected chi connectivity index (χ1v) is 11.7. The molecule has 0 heterocycles. The van der Waals surface area contributed by atoms with Crippen LogP contribution in [0.5, 0.6) is 11.5 Å². The van der Waals surface area contributed by atoms with E-state index in [1.807, 2.05) is 6.92 Å². The summed E-state index contributed by atoms with van der Waals surface area (Å²) in [7, 11) is -3.79. The minimum Gasteiger partial charge on any atom is -0.494 e. The first-order chi connectivity index (χ1) is 15.2. The van der Waals surface area contributed by atoms with Crippen LogP contribution in [0.15, 0.2) is 71.6 Å². The third kappa shape index (κ3) is 6.78. The maximum absolute atomic E-state index is 12.6. The van der Waals surface area contributed by atoms with Gasteiger partial charge in [-0.1, -0.05) is 23.2 Å². The second-order valence-corrected chi connectivity index (χ2v) is 9.08. The molecule has 3 aromatic rings. The number of rotatable bonds is 9. The van der Waals surface area contributed by atoms with E-state index in [2.05, 4.69) is 10.0 Å². The maximum Gasteiger partial charge on any atom is 0.262 e. The van der Waals surface area contributed by atoms with Gasteiger partial charge in [-0.25, -0.2) is 8.42 Å². The number of amides is 1. The van der Waals surface area contributed by atoms with Crippen molar-refractivity contribution >= 4 is 50.5 Å². The van der Waals surface area contributed by atoms with Gasteiger partial charge in [-0.15, -0.1) is 0 Å². The smallest absolute Gasteiger partial charge is 0.262 e. The Morgan fingerprint density at radius 1 is 0.844 bits per heavy atom. The summed E-state index contributed by atoms with van der Waals surface area (Å²) in [5.74, 6) is 0.570. The molecule has 0 saturated carbocycles. The number of ether oxygens (including phenoxy) is 2. The molecular formula is C22H20Cl2N2O5S. The number of hydrogen-bond donors (Lipinski definition) is 2. The Morgan fingerprint density at radius 3 is 2.00 bits per heavy atom. The molecule has 0 aliphatic carbocycles. The van der Waals surface area contributed by atoms with Crippen LogP contribution in [0.1, 0.15) is 6.92 Å². The van der Waals surface area contributed by atoms with E-state index >= 15 is 0 Å². The lowest BCUT2D eigenvalue weighted by Gasteiger charge is -2.11. The summed E-state index contributed by atoms with van der Waals surface area (Å²) < 4.78 is 38.4. The highest BCUT2D eigenvalue weighted by Gasteiger charge is 2.15. The van der Waals surface area contributed by atoms with Gasteiger partial charge in [0.1, 0.15) is 11.5 Å². The summed E-state index contributed by atoms with van der Waals surface area (Å²) in [6.07, 6.45) is 0. The van der Waals surface area contributed by atoms with Crippen molar-refractivity contribution in [2.75, 3.05) is 23.3 Å². The molecule has 0 radical (unpaired) electrons. The van der Waals surface area contributed by atoms with Crippen LogP contribution < -0.4 is 19.5 Å². The number of anilines is 2. The fourth-order valence-electron chi connectivity index (χ4n) is 2.69. The second-order valence-electron chi connectivity index (χ2n) is 6.53. The minimum absolute atomic E-state index is 0.0526. The highest BCUT2D eigenvalue weighted by Crippen LogP contribution is 2.23. The van der Waals surface area contributed by atoms with E-state index in [9.17, 15) is 13.2 Å². The van der Waals surface area contributed by atoms with Gasteiger partial charge in [0, 0.05) is 21.4 Å². The van der Waals surface area contributed by atoms with Crippen molar-refractivity contribution in [1.82, 2.24) is 0 Å². The molecule has 2 N–H and O–H groups in total. The fourth-order valence-corrected chi connectivity index (χ4v) is 4.27. The van der Waals surface area contributed by atoms with Crippen LogP contribution in [0, 0.1) is 0 Å². The van der Waals surface area contributed by atoms with Gasteiger partial charge in [-0.3, -0.25) is 9.52 Å². The standard InChI is InChI=1S/C22H20Cl2N2O5S/c1-2-30-19-5-3-17(4-6-19)26-32(28,29)21-9-7-20(8-10-21)31-14-22(27)25-18-12-15(23)11-16(24)13-18/h3-13,26H,2,14H2,1H3,(H,25,27). The average molecular weight is 495 g/mol. The normalized spacial score (nSPS) is 11.0. The molecule has 0 saturated heterocycles. The van der Waals surface area contributed by atoms with Crippen molar-refractivity contribution in [1.29, 1.82) is 0 Å². The van der Waals surface area contributed by atoms with Crippen LogP contribution in [0.4, 0.5) is 11.4 Å². The van der Waals surface area contributed by atoms with Crippen LogP contribution in [-0.2, 0) is 14.8 Å². The van der Waals surface area contributed by atoms with Crippen LogP contribution >= 0.6 is 23.2 Å². The highest BCUT2D eigenvalue weighted by atomic mass is 35.5. The number of carbonyl (C=O) groups excluding carboxylic acids is 1. The van der Waals surface area contributed by atoms with E-state index in [4.69, 9.17) is 32.7 Å². The lowest BCUT2D eigenvalue weighted by atomic mass is 10.3. The number of carbonyl (C=O) groups is 1. The number of nitrogens with one attached hydrogen (secondary N) is 2. The minimum atomic E-state index is -3.79. The molecule has 7 nitrogen and oxygen atoms in total. The van der Waals surface area contributed by atoms with E-state index < -0.39 is 15.9 Å². The van der Waals surface area contributed by atoms with Crippen LogP contribution in [0.2, 0.25) is 10.0 Å². The summed E-state index contributed by atoms with van der Waals surface area (Å²) in [4.78, 5) is 12.1. The van der Waals surface area contributed by atoms with Crippen molar-refractivity contribution in [2.45, 2.75) is 11.8 Å². The van der Waals surface area contributed by atoms with Crippen molar-refractivity contribution in [3.8, 4) is 11.5 Å². The largest absolute Gasteiger partial charge is 0.494 e. The first-order valence-electron chi connectivity index (χ1n) is 9.49. The number of hydrogen-bond acceptors (Lipinski definition) is 5.